The second-order valence-electron chi connectivity index (χ2n) is 5.71. The van der Waals surface area contributed by atoms with Crippen LogP contribution in [0.3, 0.4) is 0 Å². The molecule has 0 N–H and O–H groups in total. The van der Waals surface area contributed by atoms with E-state index in [0.717, 1.165) is 48.3 Å². The van der Waals surface area contributed by atoms with Crippen molar-refractivity contribution < 1.29 is 4.74 Å². The van der Waals surface area contributed by atoms with Crippen molar-refractivity contribution in [3.63, 3.8) is 0 Å². The van der Waals surface area contributed by atoms with E-state index in [9.17, 15) is 0 Å². The van der Waals surface area contributed by atoms with Crippen molar-refractivity contribution in [2.75, 3.05) is 25.1 Å². The average Bonchev–Trinajstić information content (AvgIpc) is 2.66. The van der Waals surface area contributed by atoms with Crippen LogP contribution in [0.15, 0.2) is 60.1 Å². The van der Waals surface area contributed by atoms with Gasteiger partial charge in [0, 0.05) is 31.1 Å². The Bertz CT molecular complexity index is 633. The maximum atomic E-state index is 5.51. The number of pyridine rings is 1. The number of benzene rings is 1. The van der Waals surface area contributed by atoms with E-state index in [1.807, 2.05) is 6.07 Å². The quantitative estimate of drug-likeness (QED) is 0.699. The van der Waals surface area contributed by atoms with E-state index in [2.05, 4.69) is 70.4 Å². The summed E-state index contributed by atoms with van der Waals surface area (Å²) in [7, 11) is 1.80. The van der Waals surface area contributed by atoms with Crippen LogP contribution >= 0.6 is 15.9 Å². The summed E-state index contributed by atoms with van der Waals surface area (Å²) in [4.78, 5) is 7.22. The van der Waals surface area contributed by atoms with Gasteiger partial charge in [-0.1, -0.05) is 30.3 Å². The van der Waals surface area contributed by atoms with Crippen molar-refractivity contribution in [2.45, 2.75) is 25.4 Å². The van der Waals surface area contributed by atoms with Gasteiger partial charge in [-0.3, -0.25) is 0 Å². The fourth-order valence-electron chi connectivity index (χ4n) is 2.90. The van der Waals surface area contributed by atoms with E-state index in [4.69, 9.17) is 9.72 Å². The van der Waals surface area contributed by atoms with Crippen LogP contribution in [0.1, 0.15) is 24.1 Å². The molecule has 2 heterocycles. The molecule has 0 unspecified atom stereocenters. The van der Waals surface area contributed by atoms with E-state index < -0.39 is 0 Å². The summed E-state index contributed by atoms with van der Waals surface area (Å²) in [6.45, 7) is 7.98. The number of hydrogen-bond donors (Lipinski definition) is 0. The molecule has 1 atom stereocenters. The normalized spacial score (nSPS) is 17.1. The molecule has 1 fully saturated rings. The van der Waals surface area contributed by atoms with Crippen molar-refractivity contribution in [1.29, 1.82) is 0 Å². The van der Waals surface area contributed by atoms with E-state index in [1.54, 1.807) is 7.11 Å². The zero-order valence-electron chi connectivity index (χ0n) is 14.2. The van der Waals surface area contributed by atoms with Crippen molar-refractivity contribution in [3.05, 3.63) is 71.4 Å². The summed E-state index contributed by atoms with van der Waals surface area (Å²) in [6, 6.07) is 14.7. The number of nitrogens with zero attached hydrogens (tertiary/aromatic N) is 2. The summed E-state index contributed by atoms with van der Waals surface area (Å²) in [5.74, 6) is 1.05. The number of rotatable bonds is 4. The number of hydrogen-bond acceptors (Lipinski definition) is 3. The lowest BCUT2D eigenvalue weighted by atomic mass is 10.1. The van der Waals surface area contributed by atoms with Gasteiger partial charge in [-0.25, -0.2) is 4.98 Å². The monoisotopic (exact) mass is 388 g/mol. The highest BCUT2D eigenvalue weighted by Gasteiger charge is 2.21. The molecular formula is C20H25BrN2O. The molecule has 1 aliphatic rings. The summed E-state index contributed by atoms with van der Waals surface area (Å²) < 4.78 is 6.58. The Labute approximate surface area is 153 Å². The molecule has 0 bridgehead atoms. The Kier molecular flexibility index (Phi) is 7.47. The largest absolute Gasteiger partial charge is 0.380 e. The molecule has 3 nitrogen and oxygen atoms in total. The number of piperidine rings is 1. The van der Waals surface area contributed by atoms with Crippen LogP contribution in [0.2, 0.25) is 0 Å². The Morgan fingerprint density at radius 3 is 2.67 bits per heavy atom. The highest BCUT2D eigenvalue weighted by molar-refractivity contribution is 9.10. The third-order valence-electron chi connectivity index (χ3n) is 4.15. The molecule has 24 heavy (non-hydrogen) atoms. The first-order valence-electron chi connectivity index (χ1n) is 8.23. The number of anilines is 1. The number of ether oxygens (including phenoxy) is 1. The molecule has 0 aliphatic carbocycles. The van der Waals surface area contributed by atoms with Gasteiger partial charge >= 0.3 is 0 Å². The predicted octanol–water partition coefficient (Wildman–Crippen LogP) is 4.85. The van der Waals surface area contributed by atoms with Crippen LogP contribution in [0.4, 0.5) is 5.82 Å². The van der Waals surface area contributed by atoms with Crippen LogP contribution in [0.25, 0.3) is 0 Å². The van der Waals surface area contributed by atoms with E-state index in [0.29, 0.717) is 6.10 Å². The van der Waals surface area contributed by atoms with Gasteiger partial charge in [0.15, 0.2) is 0 Å². The summed E-state index contributed by atoms with van der Waals surface area (Å²) in [5, 5.41) is 0. The lowest BCUT2D eigenvalue weighted by molar-refractivity contribution is 0.0891. The molecule has 0 radical (unpaired) electrons. The third-order valence-corrected chi connectivity index (χ3v) is 4.88. The molecule has 2 aromatic rings. The Hall–Kier alpha value is -1.65. The number of methoxy groups -OCH3 is 1. The van der Waals surface area contributed by atoms with Crippen LogP contribution in [-0.2, 0) is 11.2 Å². The molecule has 1 aromatic heterocycles. The average molecular weight is 389 g/mol. The maximum absolute atomic E-state index is 5.51. The SMILES string of the molecule is C=C.CO[C@H]1CCCN(c2ccc(Br)c(Cc3ccccc3)n2)C1. The second-order valence-corrected chi connectivity index (χ2v) is 6.56. The molecular weight excluding hydrogens is 364 g/mol. The molecule has 4 heteroatoms. The smallest absolute Gasteiger partial charge is 0.128 e. The maximum Gasteiger partial charge on any atom is 0.128 e. The minimum Gasteiger partial charge on any atom is -0.380 e. The first-order chi connectivity index (χ1) is 11.8. The number of halogens is 1. The highest BCUT2D eigenvalue weighted by Crippen LogP contribution is 2.25. The minimum absolute atomic E-state index is 0.316. The first-order valence-corrected chi connectivity index (χ1v) is 9.02. The second kappa shape index (κ2) is 9.60. The lowest BCUT2D eigenvalue weighted by Gasteiger charge is -2.33. The molecule has 128 valence electrons. The Morgan fingerprint density at radius 1 is 1.21 bits per heavy atom. The van der Waals surface area contributed by atoms with E-state index in [1.165, 1.54) is 5.56 Å². The van der Waals surface area contributed by atoms with Gasteiger partial charge in [0.05, 0.1) is 11.8 Å². The zero-order valence-corrected chi connectivity index (χ0v) is 15.8. The molecule has 3 rings (SSSR count). The molecule has 1 saturated heterocycles. The Balaban J connectivity index is 0.00000100. The fourth-order valence-corrected chi connectivity index (χ4v) is 3.26. The molecule has 0 spiro atoms. The molecule has 1 aromatic carbocycles. The van der Waals surface area contributed by atoms with E-state index >= 15 is 0 Å². The highest BCUT2D eigenvalue weighted by atomic mass is 79.9. The van der Waals surface area contributed by atoms with E-state index in [-0.39, 0.29) is 0 Å². The van der Waals surface area contributed by atoms with Gasteiger partial charge in [-0.05, 0) is 46.5 Å². The summed E-state index contributed by atoms with van der Waals surface area (Å²) in [6.07, 6.45) is 3.46. The predicted molar refractivity (Wildman–Crippen MR) is 105 cm³/mol. The number of aromatic nitrogens is 1. The standard InChI is InChI=1S/C18H21BrN2O.C2H4/c1-22-15-8-5-11-21(13-15)18-10-9-16(19)17(20-18)12-14-6-3-2-4-7-14;1-2/h2-4,6-7,9-10,15H,5,8,11-13H2,1H3;1-2H2/t15-;/m0./s1. The first kappa shape index (κ1) is 18.7. The van der Waals surface area contributed by atoms with Gasteiger partial charge in [-0.2, -0.15) is 0 Å². The molecule has 0 amide bonds. The fraction of sp³-hybridized carbons (Fsp3) is 0.350. The Morgan fingerprint density at radius 2 is 1.96 bits per heavy atom. The van der Waals surface area contributed by atoms with Gasteiger partial charge in [0.2, 0.25) is 0 Å². The van der Waals surface area contributed by atoms with Gasteiger partial charge in [0.1, 0.15) is 5.82 Å². The summed E-state index contributed by atoms with van der Waals surface area (Å²) in [5.41, 5.74) is 2.37. The van der Waals surface area contributed by atoms with Crippen LogP contribution in [0, 0.1) is 0 Å². The van der Waals surface area contributed by atoms with Crippen LogP contribution in [0.5, 0.6) is 0 Å². The third kappa shape index (κ3) is 4.92. The van der Waals surface area contributed by atoms with Crippen LogP contribution in [-0.4, -0.2) is 31.3 Å². The molecule has 1 aliphatic heterocycles. The minimum atomic E-state index is 0.316. The van der Waals surface area contributed by atoms with Gasteiger partial charge < -0.3 is 9.64 Å². The van der Waals surface area contributed by atoms with Crippen molar-refractivity contribution >= 4 is 21.7 Å². The topological polar surface area (TPSA) is 25.4 Å². The van der Waals surface area contributed by atoms with Gasteiger partial charge in [-0.15, -0.1) is 13.2 Å². The van der Waals surface area contributed by atoms with Crippen molar-refractivity contribution in [1.82, 2.24) is 4.98 Å². The molecule has 0 saturated carbocycles. The van der Waals surface area contributed by atoms with Crippen molar-refractivity contribution in [2.24, 2.45) is 0 Å². The van der Waals surface area contributed by atoms with Crippen molar-refractivity contribution in [3.8, 4) is 0 Å². The van der Waals surface area contributed by atoms with Gasteiger partial charge in [0.25, 0.3) is 0 Å². The zero-order chi connectivity index (χ0) is 17.4. The lowest BCUT2D eigenvalue weighted by Crippen LogP contribution is -2.39. The summed E-state index contributed by atoms with van der Waals surface area (Å²) >= 11 is 3.63. The van der Waals surface area contributed by atoms with Crippen LogP contribution < -0.4 is 4.90 Å².